The predicted molar refractivity (Wildman–Crippen MR) is 571 cm³/mol. The van der Waals surface area contributed by atoms with Gasteiger partial charge in [-0.1, -0.05) is 224 Å². The van der Waals surface area contributed by atoms with Gasteiger partial charge in [0.2, 0.25) is 0 Å². The Morgan fingerprint density at radius 2 is 0.366 bits per heavy atom. The van der Waals surface area contributed by atoms with Gasteiger partial charge in [-0.3, -0.25) is 0 Å². The summed E-state index contributed by atoms with van der Waals surface area (Å²) in [7, 11) is 0. The van der Waals surface area contributed by atoms with Crippen molar-refractivity contribution in [2.75, 3.05) is 0 Å². The molecule has 0 saturated heterocycles. The lowest BCUT2D eigenvalue weighted by molar-refractivity contribution is 0.463. The van der Waals surface area contributed by atoms with E-state index in [-0.39, 0.29) is 86.2 Å². The summed E-state index contributed by atoms with van der Waals surface area (Å²) < 4.78 is 0. The fourth-order valence-corrected chi connectivity index (χ4v) is 18.4. The van der Waals surface area contributed by atoms with Crippen molar-refractivity contribution in [3.8, 4) is 103 Å². The average Bonchev–Trinajstić information content (AvgIpc) is 0.747. The van der Waals surface area contributed by atoms with E-state index in [9.17, 15) is 91.9 Å². The van der Waals surface area contributed by atoms with Crippen molar-refractivity contribution in [2.24, 2.45) is 0 Å². The van der Waals surface area contributed by atoms with Gasteiger partial charge in [-0.05, 0) is 332 Å². The first-order valence-corrected chi connectivity index (χ1v) is 47.4. The molecule has 0 spiro atoms. The van der Waals surface area contributed by atoms with Gasteiger partial charge in [-0.25, -0.2) is 0 Å². The van der Waals surface area contributed by atoms with E-state index in [1.54, 1.807) is 152 Å². The van der Waals surface area contributed by atoms with Crippen LogP contribution in [0.15, 0.2) is 400 Å². The molecule has 0 fully saturated rings. The number of phenols is 18. The van der Waals surface area contributed by atoms with Crippen LogP contribution in [0.4, 0.5) is 0 Å². The van der Waals surface area contributed by atoms with Crippen molar-refractivity contribution in [3.63, 3.8) is 0 Å². The minimum Gasteiger partial charge on any atom is -0.508 e. The zero-order valence-electron chi connectivity index (χ0n) is 78.9. The topological polar surface area (TPSA) is 364 Å². The third-order valence-corrected chi connectivity index (χ3v) is 26.0. The van der Waals surface area contributed by atoms with Crippen LogP contribution in [0.5, 0.6) is 103 Å². The van der Waals surface area contributed by atoms with Crippen molar-refractivity contribution in [1.82, 2.24) is 0 Å². The fourth-order valence-electron chi connectivity index (χ4n) is 18.4. The van der Waals surface area contributed by atoms with Crippen LogP contribution in [0.2, 0.25) is 0 Å². The Balaban J connectivity index is 0.000000126. The number of aromatic hydroxyl groups is 18. The first kappa shape index (κ1) is 97.9. The van der Waals surface area contributed by atoms with Crippen LogP contribution in [-0.2, 0) is 70.6 Å². The lowest BCUT2D eigenvalue weighted by Crippen LogP contribution is -1.99. The second kappa shape index (κ2) is 44.6. The number of rotatable bonds is 22. The lowest BCUT2D eigenvalue weighted by Gasteiger charge is -2.18. The summed E-state index contributed by atoms with van der Waals surface area (Å²) in [5.41, 5.74) is 20.1. The number of benzene rings is 21. The van der Waals surface area contributed by atoms with Crippen LogP contribution in [0.3, 0.4) is 0 Å². The summed E-state index contributed by atoms with van der Waals surface area (Å²) >= 11 is 0. The molecule has 0 atom stereocenters. The van der Waals surface area contributed by atoms with Crippen molar-refractivity contribution in [1.29, 1.82) is 0 Å². The zero-order chi connectivity index (χ0) is 101. The van der Waals surface area contributed by atoms with Crippen molar-refractivity contribution >= 4 is 53.9 Å². The molecule has 0 aromatic heterocycles. The summed E-state index contributed by atoms with van der Waals surface area (Å²) in [5, 5.41) is 191. The molecule has 21 aromatic rings. The smallest absolute Gasteiger partial charge is 0.126 e. The Morgan fingerprint density at radius 3 is 0.731 bits per heavy atom. The van der Waals surface area contributed by atoms with E-state index in [4.69, 9.17) is 0 Å². The molecule has 0 amide bonds. The van der Waals surface area contributed by atoms with Crippen LogP contribution in [-0.4, -0.2) is 91.9 Å². The van der Waals surface area contributed by atoms with E-state index in [1.165, 1.54) is 5.56 Å². The monoisotopic (exact) mass is 1920 g/mol. The Bertz CT molecular complexity index is 8010. The molecular weight excluding hydrogens is 1810 g/mol. The van der Waals surface area contributed by atoms with E-state index in [1.807, 2.05) is 237 Å². The second-order valence-corrected chi connectivity index (χ2v) is 36.3. The normalized spacial score (nSPS) is 11.0. The number of hydrogen-bond donors (Lipinski definition) is 18. The van der Waals surface area contributed by atoms with Crippen LogP contribution in [0, 0.1) is 0 Å². The Morgan fingerprint density at radius 1 is 0.117 bits per heavy atom. The molecule has 21 aromatic carbocycles. The van der Waals surface area contributed by atoms with Crippen LogP contribution >= 0.6 is 0 Å². The highest BCUT2D eigenvalue weighted by Gasteiger charge is 2.23. The first-order valence-electron chi connectivity index (χ1n) is 47.4. The van der Waals surface area contributed by atoms with E-state index in [2.05, 4.69) is 12.1 Å². The summed E-state index contributed by atoms with van der Waals surface area (Å²) in [6, 6.07) is 119. The van der Waals surface area contributed by atoms with Crippen molar-refractivity contribution in [2.45, 2.75) is 70.6 Å². The highest BCUT2D eigenvalue weighted by atomic mass is 16.3. The minimum absolute atomic E-state index is 0.160. The van der Waals surface area contributed by atoms with Gasteiger partial charge < -0.3 is 91.9 Å². The first-order chi connectivity index (χ1) is 70.2. The summed E-state index contributed by atoms with van der Waals surface area (Å²) in [6.45, 7) is 0. The Kier molecular flexibility index (Phi) is 30.1. The van der Waals surface area contributed by atoms with Gasteiger partial charge in [0.15, 0.2) is 0 Å². The van der Waals surface area contributed by atoms with Crippen molar-refractivity contribution in [3.05, 3.63) is 523 Å². The SMILES string of the molecule is Oc1ccc(Cc2cc(Cc3ccc(O)cc3)c3ccccc3c2O)cc1.Oc1ccc(Cc2cc3c(Cc4ccc(O)cc4)c(O)c(Cc4ccc(O)cc4)cc3cc2O)cc1.Oc1ccc(Cc2cc3c(Cc4ccc(O)cc4)c(O)ccc3c(Cc3ccc(O)cc3)c2O)cc1.Oc1ccc(Cc2cc3ccccc3c(Cc3ccc(O)cc3)c2O)cc1.Oc1ccc(Cc2ccc(O)c3ccccc23)cc1. The number of phenolic OH excluding ortho intramolecular Hbond substituents is 18. The molecule has 18 N–H and O–H groups in total. The number of hydrogen-bond acceptors (Lipinski definition) is 18. The van der Waals surface area contributed by atoms with Gasteiger partial charge in [0, 0.05) is 90.8 Å². The minimum atomic E-state index is 0.160. The zero-order valence-corrected chi connectivity index (χ0v) is 78.9. The highest BCUT2D eigenvalue weighted by molar-refractivity contribution is 5.96. The molecule has 0 unspecified atom stereocenters. The van der Waals surface area contributed by atoms with Crippen LogP contribution in [0.1, 0.15) is 122 Å². The molecular formula is C127H106O18. The maximum Gasteiger partial charge on any atom is 0.126 e. The predicted octanol–water partition coefficient (Wildman–Crippen LogP) is 26.4. The van der Waals surface area contributed by atoms with Gasteiger partial charge >= 0.3 is 0 Å². The van der Waals surface area contributed by atoms with Gasteiger partial charge in [-0.2, -0.15) is 0 Å². The highest BCUT2D eigenvalue weighted by Crippen LogP contribution is 2.44. The van der Waals surface area contributed by atoms with E-state index >= 15 is 0 Å². The van der Waals surface area contributed by atoms with Gasteiger partial charge in [0.1, 0.15) is 103 Å². The molecule has 21 rings (SSSR count). The van der Waals surface area contributed by atoms with Gasteiger partial charge in [0.05, 0.1) is 0 Å². The molecule has 0 aliphatic rings. The molecule has 0 bridgehead atoms. The van der Waals surface area contributed by atoms with Crippen molar-refractivity contribution < 1.29 is 91.9 Å². The van der Waals surface area contributed by atoms with E-state index < -0.39 is 0 Å². The quantitative estimate of drug-likeness (QED) is 0.0300. The maximum absolute atomic E-state index is 11.4. The fraction of sp³-hybridized carbons (Fsp3) is 0.0866. The van der Waals surface area contributed by atoms with Crippen LogP contribution in [0.25, 0.3) is 53.9 Å². The third-order valence-electron chi connectivity index (χ3n) is 26.0. The largest absolute Gasteiger partial charge is 0.508 e. The van der Waals surface area contributed by atoms with Gasteiger partial charge in [-0.15, -0.1) is 0 Å². The second-order valence-electron chi connectivity index (χ2n) is 36.3. The molecule has 0 saturated carbocycles. The standard InChI is InChI=1S/2C31H26O5.2C24H20O3.C17H14O2/c32-25-7-1-19(2-8-25)13-23-17-28-22(18-30(23)35)16-24(14-20-3-9-26(33)10-4-20)31(36)29(28)15-21-5-11-27(34)12-6-21;32-23-7-1-19(2-8-23)15-22-18-27-26(29(31(22)36)17-21-5-11-25(34)12-6-21)13-14-30(35)28(27)16-20-3-9-24(33)10-4-20;25-20-9-5-16(6-10-20)13-18-15-19(14-17-7-11-21(26)12-8-17)24(27)23-4-2-1-3-22(18)23;25-20-9-5-16(6-10-20)13-19-15-18-3-1-2-4-22(18)23(24(19)27)14-17-7-11-21(26)12-8-17;18-14-8-5-12(6-9-14)11-13-7-10-17(19)16-4-2-1-3-15(13)16/h1-12,16-18,32-36H,13-15H2;1-14,18,32-36H,15-17H2;2*1-12,15,25-27H,13-14H2;1-10,18-19H,11H2. The summed E-state index contributed by atoms with van der Waals surface area (Å²) in [4.78, 5) is 0. The van der Waals surface area contributed by atoms with Gasteiger partial charge in [0.25, 0.3) is 0 Å². The van der Waals surface area contributed by atoms with Crippen LogP contribution < -0.4 is 0 Å². The molecule has 0 aliphatic heterocycles. The molecule has 722 valence electrons. The molecule has 0 radical (unpaired) electrons. The van der Waals surface area contributed by atoms with E-state index in [0.29, 0.717) is 98.1 Å². The lowest BCUT2D eigenvalue weighted by atomic mass is 9.88. The average molecular weight is 1920 g/mol. The summed E-state index contributed by atoms with van der Waals surface area (Å²) in [5.74, 6) is 3.89. The molecule has 18 heteroatoms. The van der Waals surface area contributed by atoms with E-state index in [0.717, 1.165) is 160 Å². The molecule has 0 heterocycles. The maximum atomic E-state index is 11.4. The third kappa shape index (κ3) is 24.6. The number of fused-ring (bicyclic) bond motifs is 5. The summed E-state index contributed by atoms with van der Waals surface area (Å²) in [6.07, 6.45) is 5.94. The Labute approximate surface area is 837 Å². The molecule has 145 heavy (non-hydrogen) atoms. The molecule has 0 aliphatic carbocycles. The Hall–Kier alpha value is -18.7. The molecule has 18 nitrogen and oxygen atoms in total.